The number of benzene rings is 1. The molecule has 0 saturated heterocycles. The Morgan fingerprint density at radius 1 is 1.16 bits per heavy atom. The first-order valence-electron chi connectivity index (χ1n) is 8.30. The zero-order valence-electron chi connectivity index (χ0n) is 15.3. The number of aromatic nitrogens is 2. The number of aliphatic carboxylic acids is 1. The third-order valence-electron chi connectivity index (χ3n) is 4.19. The van der Waals surface area contributed by atoms with Crippen molar-refractivity contribution in [3.05, 3.63) is 47.8 Å². The van der Waals surface area contributed by atoms with E-state index in [9.17, 15) is 9.59 Å². The van der Waals surface area contributed by atoms with Gasteiger partial charge in [0.15, 0.2) is 0 Å². The standard InChI is InChI=1S/C19H25N3O3/c1-12(18(24)25)13(2)20-17(23)15-11-22(14-9-7-6-8-10-14)21-16(15)19(3,4)5/h6-13H,1-5H3,(H,20,23)(H,24,25). The molecule has 0 aliphatic heterocycles. The van der Waals surface area contributed by atoms with E-state index in [2.05, 4.69) is 10.4 Å². The molecule has 0 radical (unpaired) electrons. The van der Waals surface area contributed by atoms with Gasteiger partial charge in [0.2, 0.25) is 0 Å². The molecule has 134 valence electrons. The van der Waals surface area contributed by atoms with Crippen molar-refractivity contribution < 1.29 is 14.7 Å². The van der Waals surface area contributed by atoms with E-state index in [0.717, 1.165) is 5.69 Å². The molecule has 2 atom stereocenters. The summed E-state index contributed by atoms with van der Waals surface area (Å²) in [5.74, 6) is -1.93. The monoisotopic (exact) mass is 343 g/mol. The molecule has 2 N–H and O–H groups in total. The minimum Gasteiger partial charge on any atom is -0.481 e. The van der Waals surface area contributed by atoms with Gasteiger partial charge in [-0.05, 0) is 26.0 Å². The second-order valence-corrected chi connectivity index (χ2v) is 7.31. The maximum absolute atomic E-state index is 12.7. The third kappa shape index (κ3) is 4.26. The minimum atomic E-state index is -0.941. The number of rotatable bonds is 5. The van der Waals surface area contributed by atoms with Crippen LogP contribution in [0.25, 0.3) is 5.69 Å². The SMILES string of the molecule is CC(NC(=O)c1cn(-c2ccccc2)nc1C(C)(C)C)C(C)C(=O)O. The van der Waals surface area contributed by atoms with Gasteiger partial charge in [0, 0.05) is 17.7 Å². The molecule has 2 unspecified atom stereocenters. The highest BCUT2D eigenvalue weighted by Gasteiger charge is 2.28. The molecule has 0 fully saturated rings. The van der Waals surface area contributed by atoms with Crippen LogP contribution in [0.3, 0.4) is 0 Å². The number of carbonyl (C=O) groups is 2. The number of carboxylic acid groups (broad SMARTS) is 1. The van der Waals surface area contributed by atoms with Crippen LogP contribution >= 0.6 is 0 Å². The van der Waals surface area contributed by atoms with Crippen molar-refractivity contribution >= 4 is 11.9 Å². The van der Waals surface area contributed by atoms with Crippen LogP contribution in [0.2, 0.25) is 0 Å². The molecule has 1 aromatic heterocycles. The second-order valence-electron chi connectivity index (χ2n) is 7.31. The molecule has 0 saturated carbocycles. The van der Waals surface area contributed by atoms with E-state index in [-0.39, 0.29) is 11.3 Å². The predicted molar refractivity (Wildman–Crippen MR) is 96.0 cm³/mol. The van der Waals surface area contributed by atoms with E-state index >= 15 is 0 Å². The van der Waals surface area contributed by atoms with Crippen molar-refractivity contribution in [3.8, 4) is 5.69 Å². The first kappa shape index (κ1) is 18.7. The summed E-state index contributed by atoms with van der Waals surface area (Å²) in [6, 6.07) is 9.07. The van der Waals surface area contributed by atoms with Crippen LogP contribution in [-0.2, 0) is 10.2 Å². The van der Waals surface area contributed by atoms with Gasteiger partial charge in [-0.25, -0.2) is 4.68 Å². The van der Waals surface area contributed by atoms with Gasteiger partial charge in [-0.2, -0.15) is 5.10 Å². The number of carboxylic acids is 1. The summed E-state index contributed by atoms with van der Waals surface area (Å²) in [6.45, 7) is 9.24. The summed E-state index contributed by atoms with van der Waals surface area (Å²) in [6.07, 6.45) is 1.70. The van der Waals surface area contributed by atoms with Crippen molar-refractivity contribution in [2.45, 2.75) is 46.1 Å². The van der Waals surface area contributed by atoms with Gasteiger partial charge in [0.25, 0.3) is 5.91 Å². The molecular weight excluding hydrogens is 318 g/mol. The molecule has 25 heavy (non-hydrogen) atoms. The second kappa shape index (κ2) is 7.09. The van der Waals surface area contributed by atoms with Crippen LogP contribution in [0.5, 0.6) is 0 Å². The summed E-state index contributed by atoms with van der Waals surface area (Å²) in [4.78, 5) is 23.8. The quantitative estimate of drug-likeness (QED) is 0.874. The van der Waals surface area contributed by atoms with Crippen LogP contribution in [0.4, 0.5) is 0 Å². The van der Waals surface area contributed by atoms with Gasteiger partial charge in [0.1, 0.15) is 0 Å². The van der Waals surface area contributed by atoms with E-state index in [1.54, 1.807) is 24.7 Å². The third-order valence-corrected chi connectivity index (χ3v) is 4.19. The molecule has 0 aliphatic rings. The molecule has 0 spiro atoms. The molecular formula is C19H25N3O3. The van der Waals surface area contributed by atoms with Crippen LogP contribution in [-0.4, -0.2) is 32.8 Å². The maximum atomic E-state index is 12.7. The Hall–Kier alpha value is -2.63. The average Bonchev–Trinajstić information content (AvgIpc) is 3.00. The van der Waals surface area contributed by atoms with Crippen LogP contribution in [0.1, 0.15) is 50.7 Å². The number of hydrogen-bond donors (Lipinski definition) is 2. The van der Waals surface area contributed by atoms with Gasteiger partial charge in [-0.1, -0.05) is 39.0 Å². The largest absolute Gasteiger partial charge is 0.481 e. The highest BCUT2D eigenvalue weighted by atomic mass is 16.4. The summed E-state index contributed by atoms with van der Waals surface area (Å²) < 4.78 is 1.68. The Morgan fingerprint density at radius 3 is 2.28 bits per heavy atom. The number of para-hydroxylation sites is 1. The first-order chi connectivity index (χ1) is 11.6. The molecule has 1 heterocycles. The summed E-state index contributed by atoms with van der Waals surface area (Å²) >= 11 is 0. The van der Waals surface area contributed by atoms with Crippen LogP contribution < -0.4 is 5.32 Å². The van der Waals surface area contributed by atoms with Gasteiger partial charge in [0.05, 0.1) is 22.9 Å². The Balaban J connectivity index is 2.37. The van der Waals surface area contributed by atoms with Crippen molar-refractivity contribution in [3.63, 3.8) is 0 Å². The molecule has 2 aromatic rings. The fourth-order valence-corrected chi connectivity index (χ4v) is 2.43. The average molecular weight is 343 g/mol. The number of amides is 1. The topological polar surface area (TPSA) is 84.2 Å². The van der Waals surface area contributed by atoms with E-state index in [1.165, 1.54) is 0 Å². The molecule has 0 bridgehead atoms. The van der Waals surface area contributed by atoms with Gasteiger partial charge in [-0.3, -0.25) is 9.59 Å². The van der Waals surface area contributed by atoms with Crippen molar-refractivity contribution in [2.24, 2.45) is 5.92 Å². The predicted octanol–water partition coefficient (Wildman–Crippen LogP) is 3.01. The van der Waals surface area contributed by atoms with Crippen molar-refractivity contribution in [2.75, 3.05) is 0 Å². The van der Waals surface area contributed by atoms with Gasteiger partial charge in [-0.15, -0.1) is 0 Å². The van der Waals surface area contributed by atoms with E-state index in [1.807, 2.05) is 51.1 Å². The number of nitrogens with one attached hydrogen (secondary N) is 1. The van der Waals surface area contributed by atoms with E-state index < -0.39 is 17.9 Å². The zero-order chi connectivity index (χ0) is 18.8. The molecule has 1 aromatic carbocycles. The highest BCUT2D eigenvalue weighted by Crippen LogP contribution is 2.26. The van der Waals surface area contributed by atoms with Crippen molar-refractivity contribution in [1.29, 1.82) is 0 Å². The fourth-order valence-electron chi connectivity index (χ4n) is 2.43. The zero-order valence-corrected chi connectivity index (χ0v) is 15.3. The van der Waals surface area contributed by atoms with Crippen LogP contribution in [0.15, 0.2) is 36.5 Å². The number of nitrogens with zero attached hydrogens (tertiary/aromatic N) is 2. The lowest BCUT2D eigenvalue weighted by molar-refractivity contribution is -0.141. The molecule has 1 amide bonds. The van der Waals surface area contributed by atoms with Crippen LogP contribution in [0, 0.1) is 5.92 Å². The smallest absolute Gasteiger partial charge is 0.308 e. The lowest BCUT2D eigenvalue weighted by atomic mass is 9.89. The first-order valence-corrected chi connectivity index (χ1v) is 8.30. The molecule has 2 rings (SSSR count). The Kier molecular flexibility index (Phi) is 5.30. The van der Waals surface area contributed by atoms with Gasteiger partial charge >= 0.3 is 5.97 Å². The fraction of sp³-hybridized carbons (Fsp3) is 0.421. The minimum absolute atomic E-state index is 0.312. The number of hydrogen-bond acceptors (Lipinski definition) is 3. The Labute approximate surface area is 147 Å². The molecule has 6 heteroatoms. The maximum Gasteiger partial charge on any atom is 0.308 e. The molecule has 6 nitrogen and oxygen atoms in total. The molecule has 0 aliphatic carbocycles. The Bertz CT molecular complexity index is 760. The van der Waals surface area contributed by atoms with Crippen molar-refractivity contribution in [1.82, 2.24) is 15.1 Å². The highest BCUT2D eigenvalue weighted by molar-refractivity contribution is 5.96. The summed E-state index contributed by atoms with van der Waals surface area (Å²) in [7, 11) is 0. The van der Waals surface area contributed by atoms with Gasteiger partial charge < -0.3 is 10.4 Å². The summed E-state index contributed by atoms with van der Waals surface area (Å²) in [5, 5.41) is 16.5. The Morgan fingerprint density at radius 2 is 1.76 bits per heavy atom. The number of carbonyl (C=O) groups excluding carboxylic acids is 1. The lowest BCUT2D eigenvalue weighted by Gasteiger charge is -2.20. The van der Waals surface area contributed by atoms with E-state index in [0.29, 0.717) is 11.3 Å². The van der Waals surface area contributed by atoms with E-state index in [4.69, 9.17) is 5.11 Å². The normalized spacial score (nSPS) is 14.0. The summed E-state index contributed by atoms with van der Waals surface area (Å²) in [5.41, 5.74) is 1.66. The lowest BCUT2D eigenvalue weighted by Crippen LogP contribution is -2.40.